The number of carbonyl (C=O) groups is 1. The van der Waals surface area contributed by atoms with E-state index in [-0.39, 0.29) is 11.9 Å². The molecule has 2 bridgehead atoms. The zero-order chi connectivity index (χ0) is 16.5. The topological polar surface area (TPSA) is 54.5 Å². The number of fused-ring (bicyclic) bond motifs is 2. The third-order valence-corrected chi connectivity index (χ3v) is 5.90. The van der Waals surface area contributed by atoms with Gasteiger partial charge in [0.2, 0.25) is 0 Å². The molecule has 2 aliphatic heterocycles. The number of benzene rings is 1. The molecule has 2 aliphatic rings. The summed E-state index contributed by atoms with van der Waals surface area (Å²) in [6, 6.07) is 8.07. The van der Waals surface area contributed by atoms with Gasteiger partial charge < -0.3 is 15.0 Å². The highest BCUT2D eigenvalue weighted by molar-refractivity contribution is 7.17. The first kappa shape index (κ1) is 15.6. The Morgan fingerprint density at radius 3 is 3.17 bits per heavy atom. The maximum absolute atomic E-state index is 12.5. The zero-order valence-corrected chi connectivity index (χ0v) is 14.5. The van der Waals surface area contributed by atoms with Gasteiger partial charge in [0.1, 0.15) is 5.75 Å². The quantitative estimate of drug-likeness (QED) is 0.927. The summed E-state index contributed by atoms with van der Waals surface area (Å²) in [5, 5.41) is 3.69. The van der Waals surface area contributed by atoms with E-state index in [1.54, 1.807) is 13.3 Å². The van der Waals surface area contributed by atoms with Gasteiger partial charge in [0.15, 0.2) is 5.01 Å². The number of ether oxygens (including phenoxy) is 1. The summed E-state index contributed by atoms with van der Waals surface area (Å²) in [4.78, 5) is 20.3. The van der Waals surface area contributed by atoms with Crippen molar-refractivity contribution < 1.29 is 9.53 Å². The van der Waals surface area contributed by atoms with E-state index in [4.69, 9.17) is 4.74 Å². The van der Waals surface area contributed by atoms with E-state index in [0.717, 1.165) is 35.1 Å². The second-order valence-corrected chi connectivity index (χ2v) is 7.61. The van der Waals surface area contributed by atoms with Crippen LogP contribution in [0, 0.1) is 5.92 Å². The average Bonchev–Trinajstić information content (AvgIpc) is 3.22. The number of thiazole rings is 1. The fraction of sp³-hybridized carbons (Fsp3) is 0.444. The van der Waals surface area contributed by atoms with Gasteiger partial charge in [-0.15, -0.1) is 11.3 Å². The molecule has 1 amide bonds. The highest BCUT2D eigenvalue weighted by atomic mass is 32.1. The van der Waals surface area contributed by atoms with Gasteiger partial charge in [0.25, 0.3) is 5.91 Å². The average molecular weight is 343 g/mol. The lowest BCUT2D eigenvalue weighted by Crippen LogP contribution is -2.46. The Hall–Kier alpha value is -1.92. The summed E-state index contributed by atoms with van der Waals surface area (Å²) in [6.07, 6.45) is 4.13. The fourth-order valence-electron chi connectivity index (χ4n) is 3.70. The lowest BCUT2D eigenvalue weighted by atomic mass is 9.97. The van der Waals surface area contributed by atoms with E-state index in [0.29, 0.717) is 5.01 Å². The van der Waals surface area contributed by atoms with Crippen LogP contribution in [-0.4, -0.2) is 48.6 Å². The molecule has 5 nitrogen and oxygen atoms in total. The highest BCUT2D eigenvalue weighted by Crippen LogP contribution is 2.30. The highest BCUT2D eigenvalue weighted by Gasteiger charge is 2.33. The molecule has 1 aromatic heterocycles. The molecule has 0 radical (unpaired) electrons. The molecule has 0 saturated carbocycles. The molecule has 1 N–H and O–H groups in total. The molecule has 4 rings (SSSR count). The smallest absolute Gasteiger partial charge is 0.280 e. The first-order valence-electron chi connectivity index (χ1n) is 8.35. The van der Waals surface area contributed by atoms with Gasteiger partial charge in [-0.1, -0.05) is 12.1 Å². The summed E-state index contributed by atoms with van der Waals surface area (Å²) in [7, 11) is 1.65. The van der Waals surface area contributed by atoms with Gasteiger partial charge in [-0.3, -0.25) is 4.79 Å². The van der Waals surface area contributed by atoms with E-state index in [1.165, 1.54) is 30.8 Å². The van der Waals surface area contributed by atoms with Gasteiger partial charge in [-0.25, -0.2) is 4.98 Å². The minimum Gasteiger partial charge on any atom is -0.497 e. The first-order valence-corrected chi connectivity index (χ1v) is 9.16. The van der Waals surface area contributed by atoms with Crippen LogP contribution >= 0.6 is 11.3 Å². The number of rotatable bonds is 4. The van der Waals surface area contributed by atoms with E-state index in [1.807, 2.05) is 24.3 Å². The van der Waals surface area contributed by atoms with Crippen molar-refractivity contribution in [1.82, 2.24) is 15.2 Å². The Balaban J connectivity index is 1.45. The molecule has 2 saturated heterocycles. The molecule has 6 heteroatoms. The van der Waals surface area contributed by atoms with Crippen LogP contribution in [0.15, 0.2) is 30.5 Å². The Morgan fingerprint density at radius 2 is 2.33 bits per heavy atom. The van der Waals surface area contributed by atoms with Gasteiger partial charge in [-0.05, 0) is 43.0 Å². The van der Waals surface area contributed by atoms with Crippen LogP contribution < -0.4 is 10.1 Å². The first-order chi connectivity index (χ1) is 11.7. The van der Waals surface area contributed by atoms with Crippen LogP contribution in [0.4, 0.5) is 0 Å². The molecule has 2 fully saturated rings. The second kappa shape index (κ2) is 6.53. The molecule has 1 aromatic carbocycles. The Kier molecular flexibility index (Phi) is 4.24. The Bertz CT molecular complexity index is 733. The number of hydrogen-bond donors (Lipinski definition) is 1. The third kappa shape index (κ3) is 3.16. The van der Waals surface area contributed by atoms with Crippen molar-refractivity contribution in [3.8, 4) is 16.2 Å². The van der Waals surface area contributed by atoms with Crippen molar-refractivity contribution in [3.63, 3.8) is 0 Å². The normalized spacial score (nSPS) is 25.5. The van der Waals surface area contributed by atoms with Crippen molar-refractivity contribution in [1.29, 1.82) is 0 Å². The number of nitrogens with zero attached hydrogens (tertiary/aromatic N) is 2. The van der Waals surface area contributed by atoms with Crippen LogP contribution in [0.5, 0.6) is 5.75 Å². The minimum absolute atomic E-state index is 0.0540. The van der Waals surface area contributed by atoms with Crippen LogP contribution in [0.3, 0.4) is 0 Å². The number of amides is 1. The predicted octanol–water partition coefficient (Wildman–Crippen LogP) is 2.64. The number of nitrogens with one attached hydrogen (secondary N) is 1. The largest absolute Gasteiger partial charge is 0.497 e. The van der Waals surface area contributed by atoms with E-state index >= 15 is 0 Å². The van der Waals surface area contributed by atoms with Gasteiger partial charge in [0.05, 0.1) is 12.0 Å². The molecule has 126 valence electrons. The van der Waals surface area contributed by atoms with Crippen molar-refractivity contribution in [3.05, 3.63) is 35.5 Å². The van der Waals surface area contributed by atoms with Crippen molar-refractivity contribution in [2.75, 3.05) is 26.7 Å². The summed E-state index contributed by atoms with van der Waals surface area (Å²) in [5.41, 5.74) is 1.02. The monoisotopic (exact) mass is 343 g/mol. The van der Waals surface area contributed by atoms with E-state index in [9.17, 15) is 4.79 Å². The second-order valence-electron chi connectivity index (χ2n) is 6.58. The third-order valence-electron chi connectivity index (χ3n) is 4.86. The zero-order valence-electron chi connectivity index (χ0n) is 13.7. The van der Waals surface area contributed by atoms with Crippen LogP contribution in [0.25, 0.3) is 10.4 Å². The molecule has 1 unspecified atom stereocenters. The molecule has 3 atom stereocenters. The predicted molar refractivity (Wildman–Crippen MR) is 94.5 cm³/mol. The molecular formula is C18H21N3O2S. The number of methoxy groups -OCH3 is 1. The van der Waals surface area contributed by atoms with Crippen LogP contribution in [0.2, 0.25) is 0 Å². The number of piperidine rings is 1. The lowest BCUT2D eigenvalue weighted by Gasteiger charge is -2.30. The standard InChI is InChI=1S/C18H21N3O2S/c1-23-15-4-2-3-13(8-15)16-9-19-18(24-16)17(22)20-14-7-12-5-6-21(10-12)11-14/h2-4,8-9,12,14H,5-7,10-11H2,1H3,(H,20,22)/t12-,14-/m1/s1. The number of aromatic nitrogens is 1. The molecule has 0 spiro atoms. The summed E-state index contributed by atoms with van der Waals surface area (Å²) in [6.45, 7) is 3.34. The van der Waals surface area contributed by atoms with Gasteiger partial charge in [-0.2, -0.15) is 0 Å². The van der Waals surface area contributed by atoms with Crippen LogP contribution in [0.1, 0.15) is 22.6 Å². The SMILES string of the molecule is COc1cccc(-c2cnc(C(=O)N[C@@H]3C[C@H]4CCN(C4)C3)s2)c1. The molecule has 2 aromatic rings. The summed E-state index contributed by atoms with van der Waals surface area (Å²) >= 11 is 1.43. The molecule has 3 heterocycles. The van der Waals surface area contributed by atoms with Crippen molar-refractivity contribution in [2.45, 2.75) is 18.9 Å². The van der Waals surface area contributed by atoms with E-state index < -0.39 is 0 Å². The fourth-order valence-corrected chi connectivity index (χ4v) is 4.52. The Labute approximate surface area is 145 Å². The van der Waals surface area contributed by atoms with E-state index in [2.05, 4.69) is 15.2 Å². The molecule has 0 aliphatic carbocycles. The lowest BCUT2D eigenvalue weighted by molar-refractivity contribution is 0.0909. The van der Waals surface area contributed by atoms with Crippen LogP contribution in [-0.2, 0) is 0 Å². The number of carbonyl (C=O) groups excluding carboxylic acids is 1. The summed E-state index contributed by atoms with van der Waals surface area (Å²) < 4.78 is 5.26. The molecular weight excluding hydrogens is 322 g/mol. The van der Waals surface area contributed by atoms with Crippen molar-refractivity contribution >= 4 is 17.2 Å². The Morgan fingerprint density at radius 1 is 1.42 bits per heavy atom. The molecule has 24 heavy (non-hydrogen) atoms. The maximum Gasteiger partial charge on any atom is 0.280 e. The summed E-state index contributed by atoms with van der Waals surface area (Å²) in [5.74, 6) is 1.49. The van der Waals surface area contributed by atoms with Gasteiger partial charge >= 0.3 is 0 Å². The number of hydrogen-bond acceptors (Lipinski definition) is 5. The maximum atomic E-state index is 12.5. The van der Waals surface area contributed by atoms with Gasteiger partial charge in [0, 0.05) is 25.3 Å². The minimum atomic E-state index is -0.0540. The van der Waals surface area contributed by atoms with Crippen molar-refractivity contribution in [2.24, 2.45) is 5.92 Å².